The van der Waals surface area contributed by atoms with Crippen LogP contribution in [0.5, 0.6) is 0 Å². The number of aromatic nitrogens is 2. The quantitative estimate of drug-likeness (QED) is 0.195. The second-order valence-electron chi connectivity index (χ2n) is 6.69. The summed E-state index contributed by atoms with van der Waals surface area (Å²) in [5.74, 6) is -0.00140. The second-order valence-corrected chi connectivity index (χ2v) is 8.96. The van der Waals surface area contributed by atoms with Gasteiger partial charge >= 0.3 is 0 Å². The van der Waals surface area contributed by atoms with E-state index >= 15 is 0 Å². The normalized spacial score (nSPS) is 11.3. The molecule has 0 unspecified atom stereocenters. The van der Waals surface area contributed by atoms with Crippen LogP contribution in [0.2, 0.25) is 5.02 Å². The summed E-state index contributed by atoms with van der Waals surface area (Å²) in [6.45, 7) is 0.575. The first-order chi connectivity index (χ1) is 15.1. The number of hydrazone groups is 1. The van der Waals surface area contributed by atoms with Gasteiger partial charge in [-0.05, 0) is 41.5 Å². The standard InChI is InChI=1S/C23H18BrClN4OS/c24-18-11-9-16(10-12-18)13-26-28-22(30)15-31-23-27-20-7-3-4-8-21(20)29(23)14-17-5-1-2-6-19(17)25/h1-13H,14-15H2,(H,28,30)/b26-13+. The lowest BCUT2D eigenvalue weighted by atomic mass is 10.2. The number of nitrogens with zero attached hydrogens (tertiary/aromatic N) is 3. The van der Waals surface area contributed by atoms with E-state index in [-0.39, 0.29) is 11.7 Å². The SMILES string of the molecule is O=C(CSc1nc2ccccc2n1Cc1ccccc1Cl)N/N=C/c1ccc(Br)cc1. The number of hydrogen-bond acceptors (Lipinski definition) is 4. The van der Waals surface area contributed by atoms with E-state index in [2.05, 4.69) is 31.0 Å². The van der Waals surface area contributed by atoms with Crippen molar-refractivity contribution in [3.05, 3.63) is 93.4 Å². The summed E-state index contributed by atoms with van der Waals surface area (Å²) in [6.07, 6.45) is 1.61. The van der Waals surface area contributed by atoms with Gasteiger partial charge in [-0.25, -0.2) is 10.4 Å². The Bertz CT molecular complexity index is 1240. The van der Waals surface area contributed by atoms with Gasteiger partial charge in [-0.1, -0.05) is 81.8 Å². The third kappa shape index (κ3) is 5.55. The maximum atomic E-state index is 12.3. The molecule has 8 heteroatoms. The summed E-state index contributed by atoms with van der Waals surface area (Å²) >= 11 is 11.1. The number of halogens is 2. The van der Waals surface area contributed by atoms with Crippen LogP contribution in [0.3, 0.4) is 0 Å². The molecule has 156 valence electrons. The molecule has 0 saturated heterocycles. The van der Waals surface area contributed by atoms with E-state index in [1.807, 2.05) is 72.8 Å². The molecule has 4 aromatic rings. The Kier molecular flexibility index (Phi) is 7.06. The maximum absolute atomic E-state index is 12.3. The number of nitrogens with one attached hydrogen (secondary N) is 1. The number of thioether (sulfide) groups is 1. The first-order valence-electron chi connectivity index (χ1n) is 9.49. The smallest absolute Gasteiger partial charge is 0.250 e. The number of para-hydroxylation sites is 2. The van der Waals surface area contributed by atoms with Gasteiger partial charge in [0.1, 0.15) is 0 Å². The monoisotopic (exact) mass is 512 g/mol. The summed E-state index contributed by atoms with van der Waals surface area (Å²) in [7, 11) is 0. The van der Waals surface area contributed by atoms with Crippen molar-refractivity contribution in [3.8, 4) is 0 Å². The van der Waals surface area contributed by atoms with Gasteiger partial charge in [0.2, 0.25) is 0 Å². The summed E-state index contributed by atoms with van der Waals surface area (Å²) < 4.78 is 3.07. The van der Waals surface area contributed by atoms with Gasteiger partial charge in [0.05, 0.1) is 29.5 Å². The first-order valence-corrected chi connectivity index (χ1v) is 11.6. The van der Waals surface area contributed by atoms with E-state index in [9.17, 15) is 4.79 Å². The van der Waals surface area contributed by atoms with Crippen LogP contribution in [0.15, 0.2) is 87.5 Å². The molecule has 4 rings (SSSR count). The largest absolute Gasteiger partial charge is 0.314 e. The Morgan fingerprint density at radius 3 is 2.65 bits per heavy atom. The van der Waals surface area contributed by atoms with Crippen LogP contribution in [0.4, 0.5) is 0 Å². The van der Waals surface area contributed by atoms with E-state index in [4.69, 9.17) is 16.6 Å². The third-order valence-corrected chi connectivity index (χ3v) is 6.38. The zero-order chi connectivity index (χ0) is 21.6. The van der Waals surface area contributed by atoms with Crippen LogP contribution in [-0.4, -0.2) is 27.4 Å². The van der Waals surface area contributed by atoms with E-state index in [0.29, 0.717) is 11.6 Å². The number of amides is 1. The number of rotatable bonds is 7. The molecule has 1 N–H and O–H groups in total. The molecule has 0 spiro atoms. The topological polar surface area (TPSA) is 59.3 Å². The molecule has 0 aliphatic carbocycles. The fraction of sp³-hybridized carbons (Fsp3) is 0.0870. The van der Waals surface area contributed by atoms with Crippen molar-refractivity contribution in [1.82, 2.24) is 15.0 Å². The molecular formula is C23H18BrClN4OS. The average Bonchev–Trinajstić information content (AvgIpc) is 3.13. The van der Waals surface area contributed by atoms with Gasteiger partial charge in [0.25, 0.3) is 5.91 Å². The first kappa shape index (κ1) is 21.6. The summed E-state index contributed by atoms with van der Waals surface area (Å²) in [5.41, 5.74) is 6.35. The summed E-state index contributed by atoms with van der Waals surface area (Å²) in [4.78, 5) is 17.0. The lowest BCUT2D eigenvalue weighted by molar-refractivity contribution is -0.118. The lowest BCUT2D eigenvalue weighted by Crippen LogP contribution is -2.20. The predicted molar refractivity (Wildman–Crippen MR) is 131 cm³/mol. The van der Waals surface area contributed by atoms with E-state index < -0.39 is 0 Å². The minimum absolute atomic E-state index is 0.198. The summed E-state index contributed by atoms with van der Waals surface area (Å²) in [5, 5.41) is 5.49. The zero-order valence-electron chi connectivity index (χ0n) is 16.3. The van der Waals surface area contributed by atoms with Gasteiger partial charge < -0.3 is 4.57 Å². The fourth-order valence-corrected chi connectivity index (χ4v) is 4.27. The van der Waals surface area contributed by atoms with Crippen molar-refractivity contribution in [2.24, 2.45) is 5.10 Å². The Morgan fingerprint density at radius 1 is 1.10 bits per heavy atom. The Hall–Kier alpha value is -2.61. The van der Waals surface area contributed by atoms with E-state index in [0.717, 1.165) is 31.8 Å². The predicted octanol–water partition coefficient (Wildman–Crippen LogP) is 5.74. The van der Waals surface area contributed by atoms with Crippen molar-refractivity contribution in [1.29, 1.82) is 0 Å². The van der Waals surface area contributed by atoms with Crippen LogP contribution < -0.4 is 5.43 Å². The minimum atomic E-state index is -0.199. The Morgan fingerprint density at radius 2 is 1.84 bits per heavy atom. The zero-order valence-corrected chi connectivity index (χ0v) is 19.5. The van der Waals surface area contributed by atoms with Crippen molar-refractivity contribution in [2.75, 3.05) is 5.75 Å². The number of imidazole rings is 1. The van der Waals surface area contributed by atoms with Crippen LogP contribution in [0.1, 0.15) is 11.1 Å². The molecule has 0 bridgehead atoms. The van der Waals surface area contributed by atoms with Crippen LogP contribution in [0.25, 0.3) is 11.0 Å². The van der Waals surface area contributed by atoms with Gasteiger partial charge in [0.15, 0.2) is 5.16 Å². The van der Waals surface area contributed by atoms with Gasteiger partial charge in [-0.15, -0.1) is 0 Å². The second kappa shape index (κ2) is 10.1. The number of carbonyl (C=O) groups excluding carboxylic acids is 1. The third-order valence-electron chi connectivity index (χ3n) is 4.51. The van der Waals surface area contributed by atoms with Crippen molar-refractivity contribution >= 4 is 62.4 Å². The average molecular weight is 514 g/mol. The molecule has 0 aliphatic rings. The number of hydrogen-bond donors (Lipinski definition) is 1. The van der Waals surface area contributed by atoms with E-state index in [1.54, 1.807) is 6.21 Å². The molecule has 0 fully saturated rings. The highest BCUT2D eigenvalue weighted by atomic mass is 79.9. The molecule has 0 saturated carbocycles. The van der Waals surface area contributed by atoms with Crippen LogP contribution >= 0.6 is 39.3 Å². The fourth-order valence-electron chi connectivity index (χ4n) is 3.00. The molecule has 3 aromatic carbocycles. The Labute approximate surface area is 197 Å². The molecule has 0 atom stereocenters. The van der Waals surface area contributed by atoms with Gasteiger partial charge in [-0.2, -0.15) is 5.10 Å². The minimum Gasteiger partial charge on any atom is -0.314 e. The molecule has 0 radical (unpaired) electrons. The molecule has 1 heterocycles. The molecule has 0 aliphatic heterocycles. The maximum Gasteiger partial charge on any atom is 0.250 e. The highest BCUT2D eigenvalue weighted by molar-refractivity contribution is 9.10. The number of fused-ring (bicyclic) bond motifs is 1. The molecule has 1 amide bonds. The molecule has 1 aromatic heterocycles. The molecular weight excluding hydrogens is 496 g/mol. The van der Waals surface area contributed by atoms with Crippen LogP contribution in [-0.2, 0) is 11.3 Å². The van der Waals surface area contributed by atoms with Crippen molar-refractivity contribution in [2.45, 2.75) is 11.7 Å². The number of carbonyl (C=O) groups is 1. The van der Waals surface area contributed by atoms with E-state index in [1.165, 1.54) is 11.8 Å². The van der Waals surface area contributed by atoms with Crippen molar-refractivity contribution < 1.29 is 4.79 Å². The summed E-state index contributed by atoms with van der Waals surface area (Å²) in [6, 6.07) is 23.3. The Balaban J connectivity index is 1.46. The molecule has 5 nitrogen and oxygen atoms in total. The van der Waals surface area contributed by atoms with Gasteiger partial charge in [0, 0.05) is 9.50 Å². The number of benzene rings is 3. The lowest BCUT2D eigenvalue weighted by Gasteiger charge is -2.10. The van der Waals surface area contributed by atoms with Gasteiger partial charge in [-0.3, -0.25) is 4.79 Å². The molecule has 31 heavy (non-hydrogen) atoms. The van der Waals surface area contributed by atoms with Crippen molar-refractivity contribution in [3.63, 3.8) is 0 Å². The highest BCUT2D eigenvalue weighted by Crippen LogP contribution is 2.27. The highest BCUT2D eigenvalue weighted by Gasteiger charge is 2.14. The van der Waals surface area contributed by atoms with Crippen LogP contribution in [0, 0.1) is 0 Å².